The number of nitrogens with one attached hydrogen (secondary N) is 1. The monoisotopic (exact) mass is 249 g/mol. The molecule has 0 saturated heterocycles. The summed E-state index contributed by atoms with van der Waals surface area (Å²) in [7, 11) is 1.56. The van der Waals surface area contributed by atoms with E-state index in [4.69, 9.17) is 11.2 Å². The van der Waals surface area contributed by atoms with E-state index in [1.165, 1.54) is 10.7 Å². The van der Waals surface area contributed by atoms with Crippen LogP contribution in [-0.4, -0.2) is 27.3 Å². The van der Waals surface area contributed by atoms with Crippen LogP contribution in [0.1, 0.15) is 31.3 Å². The summed E-state index contributed by atoms with van der Waals surface area (Å²) < 4.78 is 6.35. The standard InChI is InChI=1S/C12H15N3O3/c1-6-9(16)8-7-10(14-15(8)5)13-11(17)18-12(2,3)4/h1,7H,2-5H3,(H,13,14,17). The second-order valence-electron chi connectivity index (χ2n) is 4.64. The predicted molar refractivity (Wildman–Crippen MR) is 66.2 cm³/mol. The Balaban J connectivity index is 2.79. The lowest BCUT2D eigenvalue weighted by molar-refractivity contribution is 0.0635. The van der Waals surface area contributed by atoms with Gasteiger partial charge in [0, 0.05) is 13.1 Å². The number of ketones is 1. The first-order valence-corrected chi connectivity index (χ1v) is 5.28. The number of anilines is 1. The van der Waals surface area contributed by atoms with E-state index in [2.05, 4.69) is 10.4 Å². The van der Waals surface area contributed by atoms with Gasteiger partial charge in [-0.05, 0) is 26.7 Å². The van der Waals surface area contributed by atoms with Crippen molar-refractivity contribution >= 4 is 17.7 Å². The summed E-state index contributed by atoms with van der Waals surface area (Å²) in [5.74, 6) is 1.70. The molecule has 0 aromatic carbocycles. The van der Waals surface area contributed by atoms with Crippen molar-refractivity contribution in [2.45, 2.75) is 26.4 Å². The Labute approximate surface area is 105 Å². The van der Waals surface area contributed by atoms with Crippen LogP contribution in [0.2, 0.25) is 0 Å². The van der Waals surface area contributed by atoms with Gasteiger partial charge in [0.05, 0.1) is 0 Å². The number of carbonyl (C=O) groups is 2. The van der Waals surface area contributed by atoms with Crippen molar-refractivity contribution in [1.29, 1.82) is 0 Å². The third-order valence-electron chi connectivity index (χ3n) is 1.87. The Morgan fingerprint density at radius 3 is 2.61 bits per heavy atom. The van der Waals surface area contributed by atoms with Gasteiger partial charge < -0.3 is 4.74 Å². The maximum atomic E-state index is 11.5. The van der Waals surface area contributed by atoms with Gasteiger partial charge in [-0.1, -0.05) is 0 Å². The van der Waals surface area contributed by atoms with Crippen molar-refractivity contribution in [3.8, 4) is 12.3 Å². The molecule has 1 aromatic heterocycles. The normalized spacial score (nSPS) is 10.6. The van der Waals surface area contributed by atoms with Crippen LogP contribution in [0.15, 0.2) is 6.07 Å². The average Bonchev–Trinajstić information content (AvgIpc) is 2.55. The first kappa shape index (κ1) is 13.8. The zero-order valence-corrected chi connectivity index (χ0v) is 10.8. The van der Waals surface area contributed by atoms with E-state index in [1.807, 2.05) is 5.92 Å². The van der Waals surface area contributed by atoms with Crippen molar-refractivity contribution in [3.63, 3.8) is 0 Å². The van der Waals surface area contributed by atoms with Gasteiger partial charge in [-0.3, -0.25) is 14.8 Å². The molecule has 0 aliphatic rings. The zero-order valence-electron chi connectivity index (χ0n) is 10.8. The second-order valence-corrected chi connectivity index (χ2v) is 4.64. The molecule has 0 radical (unpaired) electrons. The summed E-state index contributed by atoms with van der Waals surface area (Å²) in [6.45, 7) is 5.24. The highest BCUT2D eigenvalue weighted by Gasteiger charge is 2.18. The summed E-state index contributed by atoms with van der Waals surface area (Å²) in [5.41, 5.74) is -0.375. The molecular formula is C12H15N3O3. The van der Waals surface area contributed by atoms with E-state index >= 15 is 0 Å². The molecule has 0 aliphatic heterocycles. The van der Waals surface area contributed by atoms with Crippen LogP contribution in [0.4, 0.5) is 10.6 Å². The fourth-order valence-corrected chi connectivity index (χ4v) is 1.22. The van der Waals surface area contributed by atoms with Gasteiger partial charge in [-0.2, -0.15) is 5.10 Å². The van der Waals surface area contributed by atoms with Crippen LogP contribution in [0.3, 0.4) is 0 Å². The highest BCUT2D eigenvalue weighted by molar-refractivity contribution is 6.08. The maximum absolute atomic E-state index is 11.5. The number of aromatic nitrogens is 2. The lowest BCUT2D eigenvalue weighted by Crippen LogP contribution is -2.27. The minimum Gasteiger partial charge on any atom is -0.444 e. The third-order valence-corrected chi connectivity index (χ3v) is 1.87. The van der Waals surface area contributed by atoms with E-state index in [-0.39, 0.29) is 11.5 Å². The van der Waals surface area contributed by atoms with Crippen molar-refractivity contribution in [1.82, 2.24) is 9.78 Å². The van der Waals surface area contributed by atoms with Crippen LogP contribution in [0.25, 0.3) is 0 Å². The molecule has 6 nitrogen and oxygen atoms in total. The van der Waals surface area contributed by atoms with Crippen molar-refractivity contribution in [2.24, 2.45) is 7.05 Å². The molecule has 0 bridgehead atoms. The molecule has 0 aliphatic carbocycles. The fraction of sp³-hybridized carbons (Fsp3) is 0.417. The van der Waals surface area contributed by atoms with Gasteiger partial charge >= 0.3 is 6.09 Å². The number of hydrogen-bond acceptors (Lipinski definition) is 4. The topological polar surface area (TPSA) is 73.2 Å². The number of nitrogens with zero attached hydrogens (tertiary/aromatic N) is 2. The fourth-order valence-electron chi connectivity index (χ4n) is 1.22. The average molecular weight is 249 g/mol. The van der Waals surface area contributed by atoms with Gasteiger partial charge in [0.1, 0.15) is 11.3 Å². The molecule has 1 heterocycles. The van der Waals surface area contributed by atoms with Gasteiger partial charge in [0.15, 0.2) is 5.82 Å². The molecule has 96 valence electrons. The van der Waals surface area contributed by atoms with Gasteiger partial charge in [-0.15, -0.1) is 6.42 Å². The van der Waals surface area contributed by atoms with Crippen LogP contribution < -0.4 is 5.32 Å². The van der Waals surface area contributed by atoms with Crippen LogP contribution in [-0.2, 0) is 11.8 Å². The first-order chi connectivity index (χ1) is 8.23. The Kier molecular flexibility index (Phi) is 3.76. The number of hydrogen-bond donors (Lipinski definition) is 1. The summed E-state index contributed by atoms with van der Waals surface area (Å²) in [6.07, 6.45) is 4.38. The van der Waals surface area contributed by atoms with Gasteiger partial charge in [0.25, 0.3) is 5.78 Å². The molecule has 0 fully saturated rings. The largest absolute Gasteiger partial charge is 0.444 e. The second kappa shape index (κ2) is 4.92. The number of amides is 1. The zero-order chi connectivity index (χ0) is 13.9. The predicted octanol–water partition coefficient (Wildman–Crippen LogP) is 1.58. The van der Waals surface area contributed by atoms with Gasteiger partial charge in [0.2, 0.25) is 0 Å². The molecular weight excluding hydrogens is 234 g/mol. The quantitative estimate of drug-likeness (QED) is 0.490. The van der Waals surface area contributed by atoms with E-state index in [9.17, 15) is 9.59 Å². The van der Waals surface area contributed by atoms with E-state index in [0.29, 0.717) is 0 Å². The summed E-state index contributed by atoms with van der Waals surface area (Å²) in [6, 6.07) is 1.39. The molecule has 0 saturated carbocycles. The molecule has 1 rings (SSSR count). The Morgan fingerprint density at radius 1 is 1.50 bits per heavy atom. The van der Waals surface area contributed by atoms with Gasteiger partial charge in [-0.25, -0.2) is 4.79 Å². The van der Waals surface area contributed by atoms with Crippen molar-refractivity contribution in [3.05, 3.63) is 11.8 Å². The lowest BCUT2D eigenvalue weighted by Gasteiger charge is -2.18. The number of carbonyl (C=O) groups excluding carboxylic acids is 2. The minimum atomic E-state index is -0.639. The molecule has 1 aromatic rings. The summed E-state index contributed by atoms with van der Waals surface area (Å²) in [5, 5.41) is 6.36. The van der Waals surface area contributed by atoms with Crippen molar-refractivity contribution < 1.29 is 14.3 Å². The third kappa shape index (κ3) is 3.63. The number of ether oxygens (including phenoxy) is 1. The van der Waals surface area contributed by atoms with Crippen LogP contribution in [0.5, 0.6) is 0 Å². The highest BCUT2D eigenvalue weighted by atomic mass is 16.6. The number of terminal acetylenes is 1. The van der Waals surface area contributed by atoms with Crippen LogP contribution >= 0.6 is 0 Å². The Hall–Kier alpha value is -2.29. The number of Topliss-reactive ketones (excluding diaryl/α,β-unsaturated/α-hetero) is 1. The molecule has 1 amide bonds. The van der Waals surface area contributed by atoms with Crippen LogP contribution in [0, 0.1) is 12.3 Å². The molecule has 0 spiro atoms. The van der Waals surface area contributed by atoms with E-state index < -0.39 is 17.5 Å². The molecule has 18 heavy (non-hydrogen) atoms. The van der Waals surface area contributed by atoms with E-state index in [1.54, 1.807) is 27.8 Å². The SMILES string of the molecule is C#CC(=O)c1cc(NC(=O)OC(C)(C)C)nn1C. The molecule has 6 heteroatoms. The van der Waals surface area contributed by atoms with E-state index in [0.717, 1.165) is 0 Å². The summed E-state index contributed by atoms with van der Waals surface area (Å²) in [4.78, 5) is 22.8. The summed E-state index contributed by atoms with van der Waals surface area (Å²) >= 11 is 0. The first-order valence-electron chi connectivity index (χ1n) is 5.28. The number of aryl methyl sites for hydroxylation is 1. The maximum Gasteiger partial charge on any atom is 0.413 e. The number of rotatable bonds is 2. The molecule has 1 N–H and O–H groups in total. The molecule has 0 atom stereocenters. The smallest absolute Gasteiger partial charge is 0.413 e. The minimum absolute atomic E-state index is 0.213. The Morgan fingerprint density at radius 2 is 2.11 bits per heavy atom. The van der Waals surface area contributed by atoms with Crippen molar-refractivity contribution in [2.75, 3.05) is 5.32 Å². The molecule has 0 unspecified atom stereocenters. The lowest BCUT2D eigenvalue weighted by atomic mass is 10.2. The Bertz CT molecular complexity index is 518. The highest BCUT2D eigenvalue weighted by Crippen LogP contribution is 2.12.